The largest absolute Gasteiger partial charge is 0.759 e. The van der Waals surface area contributed by atoms with Gasteiger partial charge in [0, 0.05) is 10.4 Å². The van der Waals surface area contributed by atoms with E-state index in [0.717, 1.165) is 17.7 Å². The number of alkyl halides is 6. The summed E-state index contributed by atoms with van der Waals surface area (Å²) in [5.74, 6) is 0. The molecule has 0 N–H and O–H groups in total. The first-order valence-electron chi connectivity index (χ1n) is 21.9. The second-order valence-electron chi connectivity index (χ2n) is 19.4. The fraction of sp³-hybridized carbons (Fsp3) is 0.333. The van der Waals surface area contributed by atoms with Crippen molar-refractivity contribution in [1.29, 1.82) is 0 Å². The minimum Gasteiger partial charge on any atom is -0.759 e. The maximum Gasteiger partial charge on any atom is 0.0311 e. The van der Waals surface area contributed by atoms with Crippen LogP contribution in [0.3, 0.4) is 0 Å². The Bertz CT molecular complexity index is 2270. The maximum absolute atomic E-state index is 14.0. The average Bonchev–Trinajstić information content (AvgIpc) is 3.26. The zero-order chi connectivity index (χ0) is 49.9. The van der Waals surface area contributed by atoms with Crippen LogP contribution in [0, 0.1) is 0 Å². The molecule has 0 aliphatic rings. The summed E-state index contributed by atoms with van der Waals surface area (Å²) in [5.41, 5.74) is 3.18. The fourth-order valence-electron chi connectivity index (χ4n) is 8.68. The zero-order valence-electron chi connectivity index (χ0n) is 39.3. The molecule has 0 bridgehead atoms. The quantitative estimate of drug-likeness (QED) is 0.0471. The normalized spacial score (nSPS) is 12.5. The van der Waals surface area contributed by atoms with Gasteiger partial charge in [0.15, 0.2) is 0 Å². The molecule has 0 atom stereocenters. The maximum atomic E-state index is 14.0. The summed E-state index contributed by atoms with van der Waals surface area (Å²) in [7, 11) is -5.17. The van der Waals surface area contributed by atoms with E-state index in [4.69, 9.17) is 17.5 Å². The van der Waals surface area contributed by atoms with Crippen LogP contribution in [0.5, 0.6) is 0 Å². The van der Waals surface area contributed by atoms with Crippen molar-refractivity contribution in [2.45, 2.75) is 107 Å². The minimum absolute atomic E-state index is 0.179. The van der Waals surface area contributed by atoms with E-state index in [-0.39, 0.29) is 21.7 Å². The molecule has 0 amide bonds. The summed E-state index contributed by atoms with van der Waals surface area (Å²) in [6, 6.07) is 53.4. The van der Waals surface area contributed by atoms with Crippen LogP contribution in [0.2, 0.25) is 17.7 Å². The Morgan fingerprint density at radius 1 is 0.358 bits per heavy atom. The fourth-order valence-corrected chi connectivity index (χ4v) is 31.4. The third-order valence-corrected chi connectivity index (χ3v) is 33.9. The smallest absolute Gasteiger partial charge is 0.0311 e. The van der Waals surface area contributed by atoms with E-state index in [9.17, 15) is 26.3 Å². The van der Waals surface area contributed by atoms with Crippen LogP contribution in [0.25, 0.3) is 0 Å². The van der Waals surface area contributed by atoms with Gasteiger partial charge in [-0.3, -0.25) is 8.42 Å². The van der Waals surface area contributed by atoms with E-state index < -0.39 is 73.4 Å². The van der Waals surface area contributed by atoms with Gasteiger partial charge >= 0.3 is 383 Å². The van der Waals surface area contributed by atoms with E-state index in [1.807, 2.05) is 72.8 Å². The molecular weight excluding hydrogens is 1100 g/mol. The topological polar surface area (TPSA) is 80.3 Å². The molecule has 0 aliphatic carbocycles. The molecule has 0 saturated heterocycles. The Morgan fingerprint density at radius 2 is 0.537 bits per heavy atom. The Labute approximate surface area is 408 Å². The predicted octanol–water partition coefficient (Wildman–Crippen LogP) is 13.4. The van der Waals surface area contributed by atoms with Crippen LogP contribution < -0.4 is 7.16 Å². The molecule has 0 saturated carbocycles. The summed E-state index contributed by atoms with van der Waals surface area (Å²) < 4.78 is 122. The standard InChI is InChI=1S/4C10H13.2C7H4F3.H2O4S.2Sn/c4*1-10(2,3)9-7-5-4-6-8-9;2*8-7(9,10)6-4-2-1-3-5-6;1-5(2,3)4;;/h4*4-8H,1H2,2-3H3;2*1-4H;(H2,1,2,3,4);;/q;;;;;;;2*+1/p-2. The van der Waals surface area contributed by atoms with Gasteiger partial charge < -0.3 is 9.11 Å². The number of hydrogen-bond acceptors (Lipinski definition) is 4. The van der Waals surface area contributed by atoms with Crippen LogP contribution in [-0.4, -0.2) is 57.0 Å². The van der Waals surface area contributed by atoms with Crippen molar-refractivity contribution in [2.24, 2.45) is 0 Å². The van der Waals surface area contributed by atoms with Crippen molar-refractivity contribution in [1.82, 2.24) is 0 Å². The number of halogens is 6. The third kappa shape index (κ3) is 17.4. The van der Waals surface area contributed by atoms with E-state index in [1.54, 1.807) is 24.3 Å². The molecule has 0 unspecified atom stereocenters. The minimum atomic E-state index is -5.17. The molecule has 67 heavy (non-hydrogen) atoms. The first-order chi connectivity index (χ1) is 31.0. The number of hydrogen-bond donors (Lipinski definition) is 0. The predicted molar refractivity (Wildman–Crippen MR) is 261 cm³/mol. The van der Waals surface area contributed by atoms with Crippen molar-refractivity contribution in [2.75, 3.05) is 0 Å². The van der Waals surface area contributed by atoms with Gasteiger partial charge in [0.05, 0.1) is 0 Å². The van der Waals surface area contributed by atoms with Gasteiger partial charge in [0.1, 0.15) is 0 Å². The van der Waals surface area contributed by atoms with Gasteiger partial charge in [0.2, 0.25) is 0 Å². The van der Waals surface area contributed by atoms with Gasteiger partial charge in [-0.1, -0.05) is 0 Å². The van der Waals surface area contributed by atoms with Crippen molar-refractivity contribution in [3.8, 4) is 0 Å². The second-order valence-corrected chi connectivity index (χ2v) is 34.2. The van der Waals surface area contributed by atoms with Crippen LogP contribution in [0.1, 0.15) is 88.8 Å². The molecule has 0 aliphatic heterocycles. The number of benzene rings is 6. The zero-order valence-corrected chi connectivity index (χ0v) is 45.8. The Balaban J connectivity index is 0.000000266. The van der Waals surface area contributed by atoms with Gasteiger partial charge in [-0.2, -0.15) is 0 Å². The second kappa shape index (κ2) is 23.3. The molecule has 0 spiro atoms. The van der Waals surface area contributed by atoms with Gasteiger partial charge in [-0.15, -0.1) is 0 Å². The van der Waals surface area contributed by atoms with E-state index in [2.05, 4.69) is 104 Å². The van der Waals surface area contributed by atoms with Crippen LogP contribution in [0.15, 0.2) is 170 Å². The van der Waals surface area contributed by atoms with Gasteiger partial charge in [0.25, 0.3) is 0 Å². The summed E-state index contributed by atoms with van der Waals surface area (Å²) in [5, 5.41) is 0. The molecule has 4 nitrogen and oxygen atoms in total. The SMILES string of the molecule is CC(C)([CH2][Sn+]([CH2]C(C)(C)c1ccccc1)[c]1ccccc1C(F)(F)F)c1ccccc1.CC(C)([CH2][Sn+]([CH2]C(C)(C)c1ccccc1)[c]1ccccc1C(F)(F)F)c1ccccc1.O=S(=O)([O-])[O-]. The summed E-state index contributed by atoms with van der Waals surface area (Å²) in [6.07, 6.45) is -8.65. The monoisotopic (exact) mass is 1160 g/mol. The molecule has 0 aromatic heterocycles. The molecule has 0 radical (unpaired) electrons. The average molecular weight is 1160 g/mol. The van der Waals surface area contributed by atoms with Crippen LogP contribution >= 0.6 is 0 Å². The van der Waals surface area contributed by atoms with E-state index >= 15 is 0 Å². The molecule has 0 fully saturated rings. The van der Waals surface area contributed by atoms with Crippen molar-refractivity contribution in [3.63, 3.8) is 0 Å². The molecule has 6 rings (SSSR count). The van der Waals surface area contributed by atoms with Gasteiger partial charge in [-0.25, -0.2) is 0 Å². The van der Waals surface area contributed by atoms with Gasteiger partial charge in [-0.05, 0) is 0 Å². The van der Waals surface area contributed by atoms with Crippen LogP contribution in [0.4, 0.5) is 26.3 Å². The van der Waals surface area contributed by atoms with E-state index in [1.165, 1.54) is 46.5 Å². The van der Waals surface area contributed by atoms with Crippen molar-refractivity contribution in [3.05, 3.63) is 203 Å². The molecule has 6 aromatic rings. The van der Waals surface area contributed by atoms with Crippen LogP contribution in [-0.2, 0) is 44.4 Å². The third-order valence-electron chi connectivity index (χ3n) is 12.1. The van der Waals surface area contributed by atoms with E-state index in [0.29, 0.717) is 7.16 Å². The summed E-state index contributed by atoms with van der Waals surface area (Å²) in [4.78, 5) is 0. The molecule has 356 valence electrons. The number of rotatable bonds is 14. The molecule has 13 heteroatoms. The molecule has 6 aromatic carbocycles. The molecule has 0 heterocycles. The summed E-state index contributed by atoms with van der Waals surface area (Å²) >= 11 is -5.57. The Hall–Kier alpha value is -3.63. The first kappa shape index (κ1) is 56.0. The van der Waals surface area contributed by atoms with Crippen molar-refractivity contribution < 1.29 is 43.9 Å². The first-order valence-corrected chi connectivity index (χ1v) is 34.2. The Kier molecular flexibility index (Phi) is 19.5. The van der Waals surface area contributed by atoms with Crippen molar-refractivity contribution >= 4 is 57.1 Å². The molecular formula is C54H60F6O4SSn2. The summed E-state index contributed by atoms with van der Waals surface area (Å²) in [6.45, 7) is 17.4. The Morgan fingerprint density at radius 3 is 0.731 bits per heavy atom.